The minimum absolute atomic E-state index is 0.0123. The predicted molar refractivity (Wildman–Crippen MR) is 103 cm³/mol. The third-order valence-electron chi connectivity index (χ3n) is 6.07. The van der Waals surface area contributed by atoms with E-state index in [9.17, 15) is 9.90 Å². The first kappa shape index (κ1) is 16.8. The largest absolute Gasteiger partial charge is 0.508 e. The molecule has 2 aliphatic rings. The maximum Gasteiger partial charge on any atom is 0.229 e. The van der Waals surface area contributed by atoms with E-state index in [-0.39, 0.29) is 23.0 Å². The maximum atomic E-state index is 13.0. The van der Waals surface area contributed by atoms with E-state index in [1.54, 1.807) is 18.2 Å². The summed E-state index contributed by atoms with van der Waals surface area (Å²) in [5, 5.41) is 9.68. The summed E-state index contributed by atoms with van der Waals surface area (Å²) in [4.78, 5) is 19.7. The van der Waals surface area contributed by atoms with E-state index in [1.807, 2.05) is 24.0 Å². The molecule has 4 rings (SSSR count). The summed E-state index contributed by atoms with van der Waals surface area (Å²) in [6.07, 6.45) is 1.83. The molecule has 0 radical (unpaired) electrons. The van der Waals surface area contributed by atoms with E-state index in [1.165, 1.54) is 11.3 Å². The molecule has 0 bridgehead atoms. The first-order valence-electron chi connectivity index (χ1n) is 9.24. The first-order chi connectivity index (χ1) is 12.5. The third kappa shape index (κ3) is 2.61. The summed E-state index contributed by atoms with van der Waals surface area (Å²) in [5.74, 6) is 0.0854. The quantitative estimate of drug-likeness (QED) is 0.886. The van der Waals surface area contributed by atoms with Gasteiger partial charge in [0.15, 0.2) is 0 Å². The second kappa shape index (κ2) is 6.27. The molecular weight excluding hydrogens is 324 g/mol. The molecule has 1 amide bonds. The number of rotatable bonds is 2. The number of aromatic hydroxyl groups is 1. The predicted octanol–water partition coefficient (Wildman–Crippen LogP) is 4.16. The van der Waals surface area contributed by atoms with Crippen LogP contribution in [-0.4, -0.2) is 34.7 Å². The maximum absolute atomic E-state index is 13.0. The third-order valence-corrected chi connectivity index (χ3v) is 6.07. The number of aliphatic imine (C=N–C) groups is 1. The summed E-state index contributed by atoms with van der Waals surface area (Å²) in [6, 6.07) is 15.4. The fraction of sp³-hybridized carbons (Fsp3) is 0.364. The Hall–Kier alpha value is -2.62. The average Bonchev–Trinajstić information content (AvgIpc) is 2.93. The highest BCUT2D eigenvalue weighted by molar-refractivity contribution is 6.00. The molecular formula is C22H24N2O2. The number of piperidine rings is 1. The van der Waals surface area contributed by atoms with Gasteiger partial charge in [0.05, 0.1) is 11.6 Å². The zero-order chi connectivity index (χ0) is 18.3. The number of hydrogen-bond donors (Lipinski definition) is 1. The number of fused-ring (bicyclic) bond motifs is 2. The van der Waals surface area contributed by atoms with Crippen LogP contribution in [0.15, 0.2) is 53.5 Å². The van der Waals surface area contributed by atoms with Crippen LogP contribution in [0.1, 0.15) is 43.7 Å². The van der Waals surface area contributed by atoms with Crippen molar-refractivity contribution < 1.29 is 9.90 Å². The monoisotopic (exact) mass is 348 g/mol. The first-order valence-corrected chi connectivity index (χ1v) is 9.24. The molecule has 26 heavy (non-hydrogen) atoms. The number of hydrogen-bond acceptors (Lipinski definition) is 3. The average molecular weight is 348 g/mol. The number of phenols is 1. The van der Waals surface area contributed by atoms with E-state index < -0.39 is 0 Å². The van der Waals surface area contributed by atoms with Crippen LogP contribution in [0.2, 0.25) is 0 Å². The van der Waals surface area contributed by atoms with E-state index in [0.29, 0.717) is 0 Å². The summed E-state index contributed by atoms with van der Waals surface area (Å²) in [7, 11) is 0. The van der Waals surface area contributed by atoms with Crippen molar-refractivity contribution in [1.29, 1.82) is 0 Å². The lowest BCUT2D eigenvalue weighted by molar-refractivity contribution is -0.133. The second-order valence-corrected chi connectivity index (χ2v) is 7.44. The van der Waals surface area contributed by atoms with Gasteiger partial charge in [-0.3, -0.25) is 9.79 Å². The van der Waals surface area contributed by atoms with Crippen LogP contribution in [0.5, 0.6) is 5.75 Å². The molecule has 1 atom stereocenters. The number of phenolic OH excluding ortho intramolecular Hbond substituents is 1. The zero-order valence-corrected chi connectivity index (χ0v) is 15.3. The van der Waals surface area contributed by atoms with Gasteiger partial charge in [-0.05, 0) is 56.0 Å². The number of carbonyl (C=O) groups excluding carboxylic acids is 1. The van der Waals surface area contributed by atoms with Crippen LogP contribution in [0, 0.1) is 0 Å². The molecule has 1 N–H and O–H groups in total. The molecule has 1 unspecified atom stereocenters. The van der Waals surface area contributed by atoms with Crippen molar-refractivity contribution in [2.75, 3.05) is 13.1 Å². The van der Waals surface area contributed by atoms with Gasteiger partial charge in [-0.15, -0.1) is 0 Å². The summed E-state index contributed by atoms with van der Waals surface area (Å²) < 4.78 is 0. The Labute approximate surface area is 154 Å². The van der Waals surface area contributed by atoms with Gasteiger partial charge in [0.25, 0.3) is 0 Å². The van der Waals surface area contributed by atoms with Gasteiger partial charge in [0.1, 0.15) is 5.75 Å². The van der Waals surface area contributed by atoms with Crippen molar-refractivity contribution in [3.8, 4) is 5.75 Å². The topological polar surface area (TPSA) is 52.9 Å². The van der Waals surface area contributed by atoms with Crippen molar-refractivity contribution in [2.45, 2.75) is 38.0 Å². The molecule has 0 saturated carbocycles. The Kier molecular flexibility index (Phi) is 4.06. The summed E-state index contributed by atoms with van der Waals surface area (Å²) in [6.45, 7) is 5.51. The molecule has 1 saturated heterocycles. The molecule has 134 valence electrons. The lowest BCUT2D eigenvalue weighted by Crippen LogP contribution is -2.48. The highest BCUT2D eigenvalue weighted by Crippen LogP contribution is 2.46. The molecule has 4 nitrogen and oxygen atoms in total. The van der Waals surface area contributed by atoms with Crippen molar-refractivity contribution in [1.82, 2.24) is 4.90 Å². The fourth-order valence-electron chi connectivity index (χ4n) is 4.41. The lowest BCUT2D eigenvalue weighted by atomic mass is 9.70. The van der Waals surface area contributed by atoms with Crippen molar-refractivity contribution in [2.24, 2.45) is 4.99 Å². The smallest absolute Gasteiger partial charge is 0.229 e. The van der Waals surface area contributed by atoms with Crippen LogP contribution in [0.3, 0.4) is 0 Å². The Balaban J connectivity index is 1.51. The molecule has 1 fully saturated rings. The van der Waals surface area contributed by atoms with Gasteiger partial charge in [0.2, 0.25) is 5.91 Å². The van der Waals surface area contributed by atoms with Crippen molar-refractivity contribution in [3.63, 3.8) is 0 Å². The van der Waals surface area contributed by atoms with Crippen molar-refractivity contribution in [3.05, 3.63) is 59.7 Å². The summed E-state index contributed by atoms with van der Waals surface area (Å²) >= 11 is 0. The number of carbonyl (C=O) groups is 1. The second-order valence-electron chi connectivity index (χ2n) is 7.44. The highest BCUT2D eigenvalue weighted by atomic mass is 16.3. The standard InChI is InChI=1S/C22H24N2O2/c1-15(17-6-5-7-18(25)14-17)21(26)24-12-10-22(11-13-24)16(2)23-20-9-4-3-8-19(20)22/h3-9,14-15,25H,10-13H2,1-2H3. The van der Waals surface area contributed by atoms with Gasteiger partial charge in [0, 0.05) is 24.2 Å². The Bertz CT molecular complexity index is 879. The van der Waals surface area contributed by atoms with E-state index >= 15 is 0 Å². The van der Waals surface area contributed by atoms with E-state index in [0.717, 1.165) is 37.2 Å². The number of para-hydroxylation sites is 1. The van der Waals surface area contributed by atoms with Crippen LogP contribution in [-0.2, 0) is 10.2 Å². The van der Waals surface area contributed by atoms with E-state index in [4.69, 9.17) is 4.99 Å². The van der Waals surface area contributed by atoms with Gasteiger partial charge in [-0.1, -0.05) is 30.3 Å². The van der Waals surface area contributed by atoms with Crippen molar-refractivity contribution >= 4 is 17.3 Å². The van der Waals surface area contributed by atoms with E-state index in [2.05, 4.69) is 25.1 Å². The fourth-order valence-corrected chi connectivity index (χ4v) is 4.41. The van der Waals surface area contributed by atoms with Crippen LogP contribution in [0.4, 0.5) is 5.69 Å². The zero-order valence-electron chi connectivity index (χ0n) is 15.3. The van der Waals surface area contributed by atoms with Gasteiger partial charge >= 0.3 is 0 Å². The number of benzene rings is 2. The van der Waals surface area contributed by atoms with Gasteiger partial charge in [-0.25, -0.2) is 0 Å². The minimum Gasteiger partial charge on any atom is -0.508 e. The Morgan fingerprint density at radius 1 is 1.15 bits per heavy atom. The molecule has 2 aromatic rings. The van der Waals surface area contributed by atoms with Gasteiger partial charge < -0.3 is 10.0 Å². The molecule has 1 spiro atoms. The Morgan fingerprint density at radius 3 is 2.62 bits per heavy atom. The normalized spacial score (nSPS) is 19.2. The number of amides is 1. The molecule has 2 aliphatic heterocycles. The highest BCUT2D eigenvalue weighted by Gasteiger charge is 2.44. The molecule has 4 heteroatoms. The van der Waals surface area contributed by atoms with Gasteiger partial charge in [-0.2, -0.15) is 0 Å². The number of likely N-dealkylation sites (tertiary alicyclic amines) is 1. The Morgan fingerprint density at radius 2 is 1.88 bits per heavy atom. The van der Waals surface area contributed by atoms with Crippen LogP contribution < -0.4 is 0 Å². The number of nitrogens with zero attached hydrogens (tertiary/aromatic N) is 2. The van der Waals surface area contributed by atoms with Crippen LogP contribution in [0.25, 0.3) is 0 Å². The SMILES string of the molecule is CC1=Nc2ccccc2C12CCN(C(=O)C(C)c1cccc(O)c1)CC2. The molecule has 2 heterocycles. The minimum atomic E-state index is -0.248. The summed E-state index contributed by atoms with van der Waals surface area (Å²) in [5.41, 5.74) is 4.41. The lowest BCUT2D eigenvalue weighted by Gasteiger charge is -2.41. The molecule has 2 aromatic carbocycles. The molecule has 0 aliphatic carbocycles. The molecule has 0 aromatic heterocycles. The van der Waals surface area contributed by atoms with Crippen LogP contribution >= 0.6 is 0 Å².